The number of nitrogens with one attached hydrogen (secondary N) is 1. The van der Waals surface area contributed by atoms with E-state index in [9.17, 15) is 4.79 Å². The van der Waals surface area contributed by atoms with E-state index in [1.807, 2.05) is 17.0 Å². The number of H-pyrrole nitrogens is 1. The SMILES string of the molecule is COc1cc2[nH]cc(C(=O)N3CCCCCC3)c2cc1OC. The Morgan fingerprint density at radius 1 is 1.05 bits per heavy atom. The maximum atomic E-state index is 12.8. The highest BCUT2D eigenvalue weighted by molar-refractivity contribution is 6.07. The van der Waals surface area contributed by atoms with Gasteiger partial charge in [0.25, 0.3) is 5.91 Å². The number of aromatic amines is 1. The zero-order valence-corrected chi connectivity index (χ0v) is 13.1. The quantitative estimate of drug-likeness (QED) is 0.947. The molecule has 1 fully saturated rings. The first-order chi connectivity index (χ1) is 10.7. The smallest absolute Gasteiger partial charge is 0.256 e. The van der Waals surface area contributed by atoms with Gasteiger partial charge in [-0.25, -0.2) is 0 Å². The molecule has 0 bridgehead atoms. The van der Waals surface area contributed by atoms with E-state index in [0.29, 0.717) is 17.1 Å². The van der Waals surface area contributed by atoms with E-state index in [1.54, 1.807) is 20.4 Å². The number of nitrogens with zero attached hydrogens (tertiary/aromatic N) is 1. The first-order valence-corrected chi connectivity index (χ1v) is 7.77. The van der Waals surface area contributed by atoms with Crippen LogP contribution in [0.1, 0.15) is 36.0 Å². The van der Waals surface area contributed by atoms with Crippen LogP contribution in [0, 0.1) is 0 Å². The lowest BCUT2D eigenvalue weighted by molar-refractivity contribution is 0.0763. The Morgan fingerprint density at radius 2 is 1.68 bits per heavy atom. The Kier molecular flexibility index (Phi) is 4.22. The summed E-state index contributed by atoms with van der Waals surface area (Å²) in [5.41, 5.74) is 1.59. The van der Waals surface area contributed by atoms with Crippen molar-refractivity contribution in [1.82, 2.24) is 9.88 Å². The lowest BCUT2D eigenvalue weighted by atomic mass is 10.1. The summed E-state index contributed by atoms with van der Waals surface area (Å²) in [4.78, 5) is 17.9. The number of hydrogen-bond donors (Lipinski definition) is 1. The molecule has 1 aromatic carbocycles. The molecule has 0 aliphatic carbocycles. The minimum atomic E-state index is 0.0976. The van der Waals surface area contributed by atoms with Crippen LogP contribution in [0.4, 0.5) is 0 Å². The Labute approximate surface area is 130 Å². The predicted octanol–water partition coefficient (Wildman–Crippen LogP) is 3.20. The van der Waals surface area contributed by atoms with Crippen LogP contribution in [0.2, 0.25) is 0 Å². The molecule has 0 saturated carbocycles. The van der Waals surface area contributed by atoms with Crippen LogP contribution in [0.25, 0.3) is 10.9 Å². The molecular weight excluding hydrogens is 280 g/mol. The number of likely N-dealkylation sites (tertiary alicyclic amines) is 1. The van der Waals surface area contributed by atoms with Crippen LogP contribution in [0.5, 0.6) is 11.5 Å². The van der Waals surface area contributed by atoms with E-state index in [1.165, 1.54) is 12.8 Å². The fourth-order valence-corrected chi connectivity index (χ4v) is 3.07. The summed E-state index contributed by atoms with van der Waals surface area (Å²) in [7, 11) is 3.21. The molecule has 118 valence electrons. The molecule has 0 atom stereocenters. The number of carbonyl (C=O) groups excluding carboxylic acids is 1. The predicted molar refractivity (Wildman–Crippen MR) is 85.8 cm³/mol. The van der Waals surface area contributed by atoms with Crippen LogP contribution in [0.3, 0.4) is 0 Å². The lowest BCUT2D eigenvalue weighted by Gasteiger charge is -2.20. The van der Waals surface area contributed by atoms with E-state index < -0.39 is 0 Å². The number of benzene rings is 1. The van der Waals surface area contributed by atoms with Gasteiger partial charge in [-0.3, -0.25) is 4.79 Å². The van der Waals surface area contributed by atoms with Crippen LogP contribution in [0.15, 0.2) is 18.3 Å². The van der Waals surface area contributed by atoms with E-state index in [2.05, 4.69) is 4.98 Å². The van der Waals surface area contributed by atoms with Crippen molar-refractivity contribution >= 4 is 16.8 Å². The summed E-state index contributed by atoms with van der Waals surface area (Å²) in [5.74, 6) is 1.39. The number of carbonyl (C=O) groups is 1. The Balaban J connectivity index is 1.98. The number of ether oxygens (including phenoxy) is 2. The minimum Gasteiger partial charge on any atom is -0.493 e. The van der Waals surface area contributed by atoms with E-state index in [-0.39, 0.29) is 5.91 Å². The van der Waals surface area contributed by atoms with Gasteiger partial charge in [-0.05, 0) is 18.9 Å². The molecular formula is C17H22N2O3. The zero-order valence-electron chi connectivity index (χ0n) is 13.1. The first-order valence-electron chi connectivity index (χ1n) is 7.77. The van der Waals surface area contributed by atoms with Crippen molar-refractivity contribution in [2.75, 3.05) is 27.3 Å². The van der Waals surface area contributed by atoms with Crippen molar-refractivity contribution in [3.63, 3.8) is 0 Å². The molecule has 3 rings (SSSR count). The van der Waals surface area contributed by atoms with Crippen molar-refractivity contribution in [3.8, 4) is 11.5 Å². The standard InChI is InChI=1S/C17H22N2O3/c1-21-15-9-12-13(11-18-14(12)10-16(15)22-2)17(20)19-7-5-3-4-6-8-19/h9-11,18H,3-8H2,1-2H3. The Bertz CT molecular complexity index is 670. The number of hydrogen-bond acceptors (Lipinski definition) is 3. The molecule has 1 saturated heterocycles. The number of methoxy groups -OCH3 is 2. The molecule has 5 heteroatoms. The molecule has 0 unspecified atom stereocenters. The summed E-state index contributed by atoms with van der Waals surface area (Å²) in [6, 6.07) is 3.74. The van der Waals surface area contributed by atoms with Crippen molar-refractivity contribution in [3.05, 3.63) is 23.9 Å². The van der Waals surface area contributed by atoms with Crippen LogP contribution in [-0.2, 0) is 0 Å². The van der Waals surface area contributed by atoms with Gasteiger partial charge in [-0.1, -0.05) is 12.8 Å². The normalized spacial score (nSPS) is 15.6. The molecule has 1 aliphatic rings. The van der Waals surface area contributed by atoms with E-state index in [4.69, 9.17) is 9.47 Å². The second kappa shape index (κ2) is 6.30. The van der Waals surface area contributed by atoms with E-state index in [0.717, 1.165) is 36.8 Å². The first kappa shape index (κ1) is 14.8. The fraction of sp³-hybridized carbons (Fsp3) is 0.471. The van der Waals surface area contributed by atoms with Gasteiger partial charge in [-0.15, -0.1) is 0 Å². The molecule has 0 radical (unpaired) electrons. The molecule has 1 aromatic heterocycles. The average molecular weight is 302 g/mol. The van der Waals surface area contributed by atoms with Gasteiger partial charge in [0.05, 0.1) is 25.3 Å². The highest BCUT2D eigenvalue weighted by Gasteiger charge is 2.21. The summed E-state index contributed by atoms with van der Waals surface area (Å²) in [6.07, 6.45) is 6.39. The van der Waals surface area contributed by atoms with Gasteiger partial charge in [0, 0.05) is 30.7 Å². The van der Waals surface area contributed by atoms with Crippen LogP contribution >= 0.6 is 0 Å². The van der Waals surface area contributed by atoms with Gasteiger partial charge < -0.3 is 19.4 Å². The second-order valence-electron chi connectivity index (χ2n) is 5.66. The molecule has 1 N–H and O–H groups in total. The van der Waals surface area contributed by atoms with Gasteiger partial charge in [0.15, 0.2) is 11.5 Å². The molecule has 5 nitrogen and oxygen atoms in total. The molecule has 1 aliphatic heterocycles. The highest BCUT2D eigenvalue weighted by atomic mass is 16.5. The molecule has 0 spiro atoms. The molecule has 2 heterocycles. The topological polar surface area (TPSA) is 54.6 Å². The number of aromatic nitrogens is 1. The van der Waals surface area contributed by atoms with Gasteiger partial charge in [-0.2, -0.15) is 0 Å². The number of rotatable bonds is 3. The highest BCUT2D eigenvalue weighted by Crippen LogP contribution is 2.33. The molecule has 2 aromatic rings. The van der Waals surface area contributed by atoms with Crippen molar-refractivity contribution < 1.29 is 14.3 Å². The maximum Gasteiger partial charge on any atom is 0.256 e. The lowest BCUT2D eigenvalue weighted by Crippen LogP contribution is -2.31. The summed E-state index contributed by atoms with van der Waals surface area (Å²) >= 11 is 0. The molecule has 22 heavy (non-hydrogen) atoms. The summed E-state index contributed by atoms with van der Waals surface area (Å²) in [6.45, 7) is 1.69. The third-order valence-electron chi connectivity index (χ3n) is 4.31. The summed E-state index contributed by atoms with van der Waals surface area (Å²) < 4.78 is 10.7. The van der Waals surface area contributed by atoms with Gasteiger partial charge in [0.1, 0.15) is 0 Å². The van der Waals surface area contributed by atoms with Crippen LogP contribution < -0.4 is 9.47 Å². The summed E-state index contributed by atoms with van der Waals surface area (Å²) in [5, 5.41) is 0.881. The Hall–Kier alpha value is -2.17. The van der Waals surface area contributed by atoms with Crippen LogP contribution in [-0.4, -0.2) is 43.1 Å². The third-order valence-corrected chi connectivity index (χ3v) is 4.31. The third kappa shape index (κ3) is 2.63. The average Bonchev–Trinajstić information content (AvgIpc) is 2.77. The second-order valence-corrected chi connectivity index (χ2v) is 5.66. The minimum absolute atomic E-state index is 0.0976. The van der Waals surface area contributed by atoms with Gasteiger partial charge in [0.2, 0.25) is 0 Å². The van der Waals surface area contributed by atoms with Crippen molar-refractivity contribution in [2.24, 2.45) is 0 Å². The number of fused-ring (bicyclic) bond motifs is 1. The largest absolute Gasteiger partial charge is 0.493 e. The number of amides is 1. The van der Waals surface area contributed by atoms with E-state index >= 15 is 0 Å². The zero-order chi connectivity index (χ0) is 15.5. The van der Waals surface area contributed by atoms with Crippen molar-refractivity contribution in [1.29, 1.82) is 0 Å². The monoisotopic (exact) mass is 302 g/mol. The maximum absolute atomic E-state index is 12.8. The van der Waals surface area contributed by atoms with Gasteiger partial charge >= 0.3 is 0 Å². The fourth-order valence-electron chi connectivity index (χ4n) is 3.07. The molecule has 1 amide bonds. The van der Waals surface area contributed by atoms with Crippen molar-refractivity contribution in [2.45, 2.75) is 25.7 Å². The Morgan fingerprint density at radius 3 is 2.32 bits per heavy atom.